The Bertz CT molecular complexity index is 548. The first-order valence-electron chi connectivity index (χ1n) is 7.12. The van der Waals surface area contributed by atoms with E-state index >= 15 is 0 Å². The summed E-state index contributed by atoms with van der Waals surface area (Å²) in [5.74, 6) is 1.41. The lowest BCUT2D eigenvalue weighted by atomic mass is 10.2. The molecule has 0 fully saturated rings. The lowest BCUT2D eigenvalue weighted by molar-refractivity contribution is 0.192. The van der Waals surface area contributed by atoms with Gasteiger partial charge in [-0.1, -0.05) is 41.9 Å². The van der Waals surface area contributed by atoms with Crippen LogP contribution in [0.1, 0.15) is 19.3 Å². The number of benzene rings is 1. The number of anilines is 1. The van der Waals surface area contributed by atoms with Gasteiger partial charge in [-0.05, 0) is 19.3 Å². The lowest BCUT2D eigenvalue weighted by Gasteiger charge is -2.08. The van der Waals surface area contributed by atoms with Crippen molar-refractivity contribution in [3.8, 4) is 11.4 Å². The number of nitrogens with zero attached hydrogens (tertiary/aromatic N) is 2. The van der Waals surface area contributed by atoms with Gasteiger partial charge >= 0.3 is 0 Å². The van der Waals surface area contributed by atoms with Crippen LogP contribution in [0.4, 0.5) is 5.82 Å². The van der Waals surface area contributed by atoms with Crippen LogP contribution < -0.4 is 5.32 Å². The van der Waals surface area contributed by atoms with Gasteiger partial charge in [0.15, 0.2) is 5.82 Å². The fourth-order valence-electron chi connectivity index (χ4n) is 1.99. The predicted molar refractivity (Wildman–Crippen MR) is 86.7 cm³/mol. The van der Waals surface area contributed by atoms with E-state index in [1.165, 1.54) is 0 Å². The van der Waals surface area contributed by atoms with Crippen LogP contribution in [-0.4, -0.2) is 30.2 Å². The maximum absolute atomic E-state index is 6.07. The second-order valence-electron chi connectivity index (χ2n) is 4.75. The molecule has 21 heavy (non-hydrogen) atoms. The van der Waals surface area contributed by atoms with Crippen molar-refractivity contribution in [2.24, 2.45) is 0 Å². The summed E-state index contributed by atoms with van der Waals surface area (Å²) in [6.07, 6.45) is 3.29. The molecule has 0 aliphatic rings. The molecule has 0 saturated carbocycles. The molecule has 0 amide bonds. The van der Waals surface area contributed by atoms with Crippen molar-refractivity contribution >= 4 is 17.4 Å². The van der Waals surface area contributed by atoms with Gasteiger partial charge in [0.05, 0.1) is 0 Å². The largest absolute Gasteiger partial charge is 0.385 e. The molecule has 0 spiro atoms. The Morgan fingerprint density at radius 2 is 1.90 bits per heavy atom. The normalized spacial score (nSPS) is 10.6. The molecule has 0 unspecified atom stereocenters. The Morgan fingerprint density at radius 1 is 1.10 bits per heavy atom. The molecule has 112 valence electrons. The number of halogens is 1. The highest BCUT2D eigenvalue weighted by Crippen LogP contribution is 2.20. The molecule has 5 heteroatoms. The number of methoxy groups -OCH3 is 1. The molecule has 2 aromatic rings. The molecule has 1 aromatic carbocycles. The van der Waals surface area contributed by atoms with E-state index in [1.807, 2.05) is 30.3 Å². The van der Waals surface area contributed by atoms with Crippen LogP contribution >= 0.6 is 11.6 Å². The Labute approximate surface area is 130 Å². The van der Waals surface area contributed by atoms with Gasteiger partial charge in [-0.2, -0.15) is 0 Å². The molecular formula is C16H20ClN3O. The number of aromatic nitrogens is 2. The van der Waals surface area contributed by atoms with Crippen LogP contribution in [0.15, 0.2) is 36.4 Å². The maximum atomic E-state index is 6.07. The number of rotatable bonds is 8. The summed E-state index contributed by atoms with van der Waals surface area (Å²) in [4.78, 5) is 8.78. The Hall–Kier alpha value is -1.65. The van der Waals surface area contributed by atoms with E-state index in [-0.39, 0.29) is 0 Å². The van der Waals surface area contributed by atoms with E-state index in [0.29, 0.717) is 11.0 Å². The average molecular weight is 306 g/mol. The first kappa shape index (κ1) is 15.7. The maximum Gasteiger partial charge on any atom is 0.163 e. The van der Waals surface area contributed by atoms with Crippen molar-refractivity contribution in [3.63, 3.8) is 0 Å². The van der Waals surface area contributed by atoms with Crippen molar-refractivity contribution in [1.29, 1.82) is 0 Å². The lowest BCUT2D eigenvalue weighted by Crippen LogP contribution is -2.05. The Morgan fingerprint density at radius 3 is 2.67 bits per heavy atom. The zero-order valence-electron chi connectivity index (χ0n) is 12.2. The van der Waals surface area contributed by atoms with Crippen LogP contribution in [0, 0.1) is 0 Å². The first-order valence-corrected chi connectivity index (χ1v) is 7.50. The monoisotopic (exact) mass is 305 g/mol. The highest BCUT2D eigenvalue weighted by atomic mass is 35.5. The van der Waals surface area contributed by atoms with Crippen LogP contribution in [0.3, 0.4) is 0 Å². The summed E-state index contributed by atoms with van der Waals surface area (Å²) < 4.78 is 5.03. The third-order valence-corrected chi connectivity index (χ3v) is 3.25. The van der Waals surface area contributed by atoms with Gasteiger partial charge in [0, 0.05) is 31.9 Å². The summed E-state index contributed by atoms with van der Waals surface area (Å²) in [6, 6.07) is 11.6. The summed E-state index contributed by atoms with van der Waals surface area (Å²) in [6.45, 7) is 1.68. The zero-order chi connectivity index (χ0) is 14.9. The third kappa shape index (κ3) is 5.33. The third-order valence-electron chi connectivity index (χ3n) is 3.06. The van der Waals surface area contributed by atoms with Crippen LogP contribution in [0.25, 0.3) is 11.4 Å². The molecule has 1 heterocycles. The molecule has 0 aliphatic carbocycles. The highest BCUT2D eigenvalue weighted by molar-refractivity contribution is 6.29. The molecule has 0 bridgehead atoms. The number of nitrogens with one attached hydrogen (secondary N) is 1. The van der Waals surface area contributed by atoms with E-state index in [1.54, 1.807) is 13.2 Å². The van der Waals surface area contributed by atoms with Crippen LogP contribution in [-0.2, 0) is 4.74 Å². The van der Waals surface area contributed by atoms with E-state index in [0.717, 1.165) is 43.8 Å². The molecule has 1 N–H and O–H groups in total. The first-order chi connectivity index (χ1) is 10.3. The number of hydrogen-bond acceptors (Lipinski definition) is 4. The average Bonchev–Trinajstić information content (AvgIpc) is 2.51. The minimum absolute atomic E-state index is 0.450. The second-order valence-corrected chi connectivity index (χ2v) is 5.13. The van der Waals surface area contributed by atoms with E-state index < -0.39 is 0 Å². The summed E-state index contributed by atoms with van der Waals surface area (Å²) in [7, 11) is 1.73. The Balaban J connectivity index is 1.93. The minimum Gasteiger partial charge on any atom is -0.385 e. The summed E-state index contributed by atoms with van der Waals surface area (Å²) in [5.41, 5.74) is 0.961. The molecule has 0 atom stereocenters. The fraction of sp³-hybridized carbons (Fsp3) is 0.375. The van der Waals surface area contributed by atoms with Crippen molar-refractivity contribution in [2.75, 3.05) is 25.6 Å². The van der Waals surface area contributed by atoms with Crippen molar-refractivity contribution in [1.82, 2.24) is 9.97 Å². The van der Waals surface area contributed by atoms with Crippen LogP contribution in [0.5, 0.6) is 0 Å². The van der Waals surface area contributed by atoms with Crippen molar-refractivity contribution < 1.29 is 4.74 Å². The van der Waals surface area contributed by atoms with Gasteiger partial charge in [-0.15, -0.1) is 0 Å². The fourth-order valence-corrected chi connectivity index (χ4v) is 2.17. The quantitative estimate of drug-likeness (QED) is 0.591. The van der Waals surface area contributed by atoms with Crippen LogP contribution in [0.2, 0.25) is 5.15 Å². The number of hydrogen-bond donors (Lipinski definition) is 1. The smallest absolute Gasteiger partial charge is 0.163 e. The topological polar surface area (TPSA) is 47.0 Å². The van der Waals surface area contributed by atoms with Crippen molar-refractivity contribution in [2.45, 2.75) is 19.3 Å². The predicted octanol–water partition coefficient (Wildman–Crippen LogP) is 4.03. The molecule has 4 nitrogen and oxygen atoms in total. The van der Waals surface area contributed by atoms with E-state index in [9.17, 15) is 0 Å². The highest BCUT2D eigenvalue weighted by Gasteiger charge is 2.05. The molecule has 0 radical (unpaired) electrons. The van der Waals surface area contributed by atoms with Gasteiger partial charge in [0.1, 0.15) is 11.0 Å². The van der Waals surface area contributed by atoms with Gasteiger partial charge in [0.2, 0.25) is 0 Å². The second kappa shape index (κ2) is 8.60. The van der Waals surface area contributed by atoms with Gasteiger partial charge in [-0.3, -0.25) is 0 Å². The summed E-state index contributed by atoms with van der Waals surface area (Å²) >= 11 is 6.07. The Kier molecular flexibility index (Phi) is 6.44. The van der Waals surface area contributed by atoms with Gasteiger partial charge < -0.3 is 10.1 Å². The number of ether oxygens (including phenoxy) is 1. The van der Waals surface area contributed by atoms with E-state index in [4.69, 9.17) is 16.3 Å². The molecule has 0 saturated heterocycles. The summed E-state index contributed by atoms with van der Waals surface area (Å²) in [5, 5.41) is 3.75. The molecular weight excluding hydrogens is 286 g/mol. The molecule has 2 rings (SSSR count). The standard InChI is InChI=1S/C16H20ClN3O/c1-21-11-7-3-6-10-18-15-12-14(17)19-16(20-15)13-8-4-2-5-9-13/h2,4-5,8-9,12H,3,6-7,10-11H2,1H3,(H,18,19,20). The minimum atomic E-state index is 0.450. The molecule has 1 aromatic heterocycles. The van der Waals surface area contributed by atoms with E-state index in [2.05, 4.69) is 15.3 Å². The van der Waals surface area contributed by atoms with Crippen molar-refractivity contribution in [3.05, 3.63) is 41.6 Å². The number of unbranched alkanes of at least 4 members (excludes halogenated alkanes) is 2. The molecule has 0 aliphatic heterocycles. The SMILES string of the molecule is COCCCCCNc1cc(Cl)nc(-c2ccccc2)n1. The van der Waals surface area contributed by atoms with Gasteiger partial charge in [-0.25, -0.2) is 9.97 Å². The zero-order valence-corrected chi connectivity index (χ0v) is 12.9. The van der Waals surface area contributed by atoms with Gasteiger partial charge in [0.25, 0.3) is 0 Å².